The minimum Gasteiger partial charge on any atom is -0.494 e. The molecule has 0 amide bonds. The summed E-state index contributed by atoms with van der Waals surface area (Å²) in [7, 11) is -1.72. The maximum absolute atomic E-state index is 12.5. The molecule has 0 fully saturated rings. The van der Waals surface area contributed by atoms with Gasteiger partial charge in [-0.3, -0.25) is 0 Å². The Kier molecular flexibility index (Phi) is 7.86. The molecule has 3 aromatic carbocycles. The predicted octanol–water partition coefficient (Wildman–Crippen LogP) is 5.65. The number of rotatable bonds is 9. The zero-order valence-corrected chi connectivity index (χ0v) is 19.9. The van der Waals surface area contributed by atoms with Gasteiger partial charge in [-0.1, -0.05) is 61.5 Å². The van der Waals surface area contributed by atoms with E-state index in [2.05, 4.69) is 38.2 Å². The summed E-state index contributed by atoms with van der Waals surface area (Å²) in [6.45, 7) is 7.43. The van der Waals surface area contributed by atoms with E-state index >= 15 is 0 Å². The zero-order chi connectivity index (χ0) is 23.0. The normalized spacial score (nSPS) is 10.9. The SMILES string of the molecule is CCCCOc1ccc(OC(=O)c2ccc(C[Si](C)(C)c3ccc(C#N)cc3)cc2)cc1. The highest BCUT2D eigenvalue weighted by Crippen LogP contribution is 2.20. The molecule has 0 unspecified atom stereocenters. The van der Waals surface area contributed by atoms with Crippen molar-refractivity contribution >= 4 is 19.2 Å². The first-order valence-electron chi connectivity index (χ1n) is 11.0. The van der Waals surface area contributed by atoms with E-state index in [4.69, 9.17) is 14.7 Å². The van der Waals surface area contributed by atoms with Gasteiger partial charge in [-0.2, -0.15) is 5.26 Å². The second-order valence-corrected chi connectivity index (χ2v) is 13.2. The van der Waals surface area contributed by atoms with E-state index in [9.17, 15) is 4.79 Å². The van der Waals surface area contributed by atoms with Crippen LogP contribution in [0.2, 0.25) is 13.1 Å². The minimum absolute atomic E-state index is 0.375. The number of benzene rings is 3. The van der Waals surface area contributed by atoms with Crippen LogP contribution in [0, 0.1) is 11.3 Å². The third-order valence-electron chi connectivity index (χ3n) is 5.43. The maximum Gasteiger partial charge on any atom is 0.343 e. The van der Waals surface area contributed by atoms with Crippen LogP contribution in [0.4, 0.5) is 0 Å². The van der Waals surface area contributed by atoms with Crippen molar-refractivity contribution in [3.8, 4) is 17.6 Å². The summed E-state index contributed by atoms with van der Waals surface area (Å²) in [5.74, 6) is 0.896. The second-order valence-electron chi connectivity index (χ2n) is 8.51. The van der Waals surface area contributed by atoms with E-state index in [1.54, 1.807) is 12.1 Å². The molecule has 0 atom stereocenters. The number of ether oxygens (including phenoxy) is 2. The van der Waals surface area contributed by atoms with Crippen LogP contribution in [0.25, 0.3) is 0 Å². The molecule has 0 aliphatic heterocycles. The standard InChI is InChI=1S/C27H29NO3Si/c1-4-5-18-30-24-12-14-25(15-13-24)31-27(29)23-10-6-22(7-11-23)20-32(2,3)26-16-8-21(19-28)9-17-26/h6-17H,4-5,18,20H2,1-3H3. The lowest BCUT2D eigenvalue weighted by molar-refractivity contribution is 0.0734. The van der Waals surface area contributed by atoms with Crippen molar-refractivity contribution in [2.45, 2.75) is 38.9 Å². The van der Waals surface area contributed by atoms with Crippen molar-refractivity contribution < 1.29 is 14.3 Å². The molecule has 164 valence electrons. The fourth-order valence-corrected chi connectivity index (χ4v) is 6.00. The summed E-state index contributed by atoms with van der Waals surface area (Å²) in [5.41, 5.74) is 2.39. The van der Waals surface area contributed by atoms with Crippen LogP contribution in [0.3, 0.4) is 0 Å². The van der Waals surface area contributed by atoms with E-state index in [1.165, 1.54) is 10.8 Å². The van der Waals surface area contributed by atoms with Crippen molar-refractivity contribution in [2.75, 3.05) is 6.61 Å². The Labute approximate surface area is 191 Å². The Bertz CT molecular complexity index is 1070. The van der Waals surface area contributed by atoms with Crippen LogP contribution in [-0.2, 0) is 6.04 Å². The molecule has 0 saturated carbocycles. The fraction of sp³-hybridized carbons (Fsp3) is 0.259. The van der Waals surface area contributed by atoms with E-state index in [1.807, 2.05) is 48.5 Å². The topological polar surface area (TPSA) is 59.3 Å². The Morgan fingerprint density at radius 1 is 0.906 bits per heavy atom. The number of nitriles is 1. The van der Waals surface area contributed by atoms with Gasteiger partial charge in [-0.15, -0.1) is 0 Å². The Hall–Kier alpha value is -3.36. The molecule has 4 nitrogen and oxygen atoms in total. The summed E-state index contributed by atoms with van der Waals surface area (Å²) in [6, 6.07) is 25.8. The molecular formula is C27H29NO3Si. The number of hydrogen-bond acceptors (Lipinski definition) is 4. The van der Waals surface area contributed by atoms with Crippen molar-refractivity contribution in [1.82, 2.24) is 0 Å². The van der Waals surface area contributed by atoms with Gasteiger partial charge in [0.2, 0.25) is 0 Å². The monoisotopic (exact) mass is 443 g/mol. The number of nitrogens with zero attached hydrogens (tertiary/aromatic N) is 1. The van der Waals surface area contributed by atoms with Crippen LogP contribution in [0.1, 0.15) is 41.3 Å². The van der Waals surface area contributed by atoms with Crippen molar-refractivity contribution in [3.63, 3.8) is 0 Å². The van der Waals surface area contributed by atoms with Crippen LogP contribution in [-0.4, -0.2) is 20.7 Å². The van der Waals surface area contributed by atoms with Crippen molar-refractivity contribution in [3.05, 3.63) is 89.5 Å². The molecule has 0 saturated heterocycles. The highest BCUT2D eigenvalue weighted by molar-refractivity contribution is 6.89. The van der Waals surface area contributed by atoms with E-state index in [0.717, 1.165) is 24.6 Å². The Balaban J connectivity index is 1.59. The summed E-state index contributed by atoms with van der Waals surface area (Å²) in [5, 5.41) is 10.3. The van der Waals surface area contributed by atoms with Gasteiger partial charge in [0.05, 0.1) is 31.9 Å². The molecule has 0 aliphatic carbocycles. The largest absolute Gasteiger partial charge is 0.494 e. The number of hydrogen-bond donors (Lipinski definition) is 0. The molecular weight excluding hydrogens is 414 g/mol. The summed E-state index contributed by atoms with van der Waals surface area (Å²) < 4.78 is 11.1. The van der Waals surface area contributed by atoms with Gasteiger partial charge >= 0.3 is 5.97 Å². The molecule has 5 heteroatoms. The summed E-state index contributed by atoms with van der Waals surface area (Å²) in [4.78, 5) is 12.5. The molecule has 3 rings (SSSR count). The van der Waals surface area contributed by atoms with Crippen molar-refractivity contribution in [2.24, 2.45) is 0 Å². The van der Waals surface area contributed by atoms with Gasteiger partial charge in [0.25, 0.3) is 0 Å². The van der Waals surface area contributed by atoms with Crippen LogP contribution in [0.5, 0.6) is 11.5 Å². The smallest absolute Gasteiger partial charge is 0.343 e. The van der Waals surface area contributed by atoms with Crippen LogP contribution in [0.15, 0.2) is 72.8 Å². The lowest BCUT2D eigenvalue weighted by Gasteiger charge is -2.23. The molecule has 0 radical (unpaired) electrons. The average molecular weight is 444 g/mol. The molecule has 0 spiro atoms. The van der Waals surface area contributed by atoms with Gasteiger partial charge < -0.3 is 9.47 Å². The number of carbonyl (C=O) groups excluding carboxylic acids is 1. The first-order chi connectivity index (χ1) is 15.4. The highest BCUT2D eigenvalue weighted by atomic mass is 28.3. The number of unbranched alkanes of at least 4 members (excludes halogenated alkanes) is 1. The lowest BCUT2D eigenvalue weighted by atomic mass is 10.1. The van der Waals surface area contributed by atoms with Gasteiger partial charge in [0.1, 0.15) is 11.5 Å². The fourth-order valence-electron chi connectivity index (χ4n) is 3.47. The molecule has 3 aromatic rings. The van der Waals surface area contributed by atoms with Crippen LogP contribution < -0.4 is 14.7 Å². The third kappa shape index (κ3) is 6.32. The summed E-state index contributed by atoms with van der Waals surface area (Å²) in [6.07, 6.45) is 2.10. The van der Waals surface area contributed by atoms with Gasteiger partial charge in [-0.05, 0) is 61.0 Å². The van der Waals surface area contributed by atoms with E-state index < -0.39 is 8.07 Å². The van der Waals surface area contributed by atoms with Crippen molar-refractivity contribution in [1.29, 1.82) is 5.26 Å². The Morgan fingerprint density at radius 3 is 2.12 bits per heavy atom. The van der Waals surface area contributed by atoms with E-state index in [-0.39, 0.29) is 5.97 Å². The predicted molar refractivity (Wildman–Crippen MR) is 130 cm³/mol. The molecule has 0 aliphatic rings. The van der Waals surface area contributed by atoms with E-state index in [0.29, 0.717) is 23.5 Å². The van der Waals surface area contributed by atoms with Gasteiger partial charge in [0, 0.05) is 0 Å². The lowest BCUT2D eigenvalue weighted by Crippen LogP contribution is -2.43. The quantitative estimate of drug-likeness (QED) is 0.185. The number of carbonyl (C=O) groups is 1. The molecule has 0 bridgehead atoms. The molecule has 0 aromatic heterocycles. The first-order valence-corrected chi connectivity index (χ1v) is 14.2. The second kappa shape index (κ2) is 10.8. The average Bonchev–Trinajstić information content (AvgIpc) is 2.80. The molecule has 32 heavy (non-hydrogen) atoms. The zero-order valence-electron chi connectivity index (χ0n) is 18.9. The number of esters is 1. The van der Waals surface area contributed by atoms with Gasteiger partial charge in [0.15, 0.2) is 0 Å². The van der Waals surface area contributed by atoms with Gasteiger partial charge in [-0.25, -0.2) is 4.79 Å². The minimum atomic E-state index is -1.72. The highest BCUT2D eigenvalue weighted by Gasteiger charge is 2.24. The van der Waals surface area contributed by atoms with Crippen LogP contribution >= 0.6 is 0 Å². The third-order valence-corrected chi connectivity index (χ3v) is 8.62. The Morgan fingerprint density at radius 2 is 1.53 bits per heavy atom. The maximum atomic E-state index is 12.5. The molecule has 0 heterocycles. The first kappa shape index (κ1) is 23.3. The summed E-state index contributed by atoms with van der Waals surface area (Å²) >= 11 is 0. The molecule has 0 N–H and O–H groups in total.